The van der Waals surface area contributed by atoms with E-state index in [1.807, 2.05) is 35.9 Å². The second kappa shape index (κ2) is 9.33. The van der Waals surface area contributed by atoms with E-state index in [0.717, 1.165) is 11.4 Å². The first-order valence-electron chi connectivity index (χ1n) is 10.1. The van der Waals surface area contributed by atoms with E-state index in [1.54, 1.807) is 17.4 Å². The zero-order chi connectivity index (χ0) is 23.7. The van der Waals surface area contributed by atoms with Crippen LogP contribution in [-0.2, 0) is 11.3 Å². The third-order valence-electron chi connectivity index (χ3n) is 5.37. The summed E-state index contributed by atoms with van der Waals surface area (Å²) < 4.78 is 26.8. The van der Waals surface area contributed by atoms with Crippen molar-refractivity contribution in [3.8, 4) is 11.3 Å². The number of Topliss-reactive ketones (excluding diaryl/α,β-unsaturated/α-hetero) is 1. The van der Waals surface area contributed by atoms with Crippen LogP contribution in [0.2, 0.25) is 5.02 Å². The van der Waals surface area contributed by atoms with Crippen LogP contribution in [0.25, 0.3) is 11.3 Å². The van der Waals surface area contributed by atoms with Crippen LogP contribution in [0.5, 0.6) is 0 Å². The van der Waals surface area contributed by atoms with Gasteiger partial charge in [-0.25, -0.2) is 9.18 Å². The fourth-order valence-corrected chi connectivity index (χ4v) is 4.62. The highest BCUT2D eigenvalue weighted by Crippen LogP contribution is 2.33. The maximum absolute atomic E-state index is 14.4. The van der Waals surface area contributed by atoms with E-state index in [9.17, 15) is 14.0 Å². The SMILES string of the molecule is Cc1onc(-c2c(F)cccc2Cl)c1C(=O)OCC(=O)c1cc(C)n(Cc2cccs2)c1C. The molecule has 0 saturated carbocycles. The third kappa shape index (κ3) is 4.49. The molecule has 0 fully saturated rings. The Morgan fingerprint density at radius 1 is 1.21 bits per heavy atom. The standard InChI is InChI=1S/C24H20ClFN2O4S/c1-13-10-17(14(2)28(13)11-16-6-5-9-33-16)20(29)12-31-24(30)21-15(3)32-27-23(21)22-18(25)7-4-8-19(22)26/h4-10H,11-12H2,1-3H3. The van der Waals surface area contributed by atoms with E-state index in [4.69, 9.17) is 20.9 Å². The molecule has 33 heavy (non-hydrogen) atoms. The number of halogens is 2. The van der Waals surface area contributed by atoms with E-state index in [1.165, 1.54) is 30.0 Å². The van der Waals surface area contributed by atoms with Crippen LogP contribution in [-0.4, -0.2) is 28.1 Å². The Morgan fingerprint density at radius 3 is 2.70 bits per heavy atom. The van der Waals surface area contributed by atoms with Crippen LogP contribution < -0.4 is 0 Å². The predicted octanol–water partition coefficient (Wildman–Crippen LogP) is 6.01. The molecule has 0 saturated heterocycles. The van der Waals surface area contributed by atoms with Crippen molar-refractivity contribution in [3.05, 3.63) is 85.8 Å². The van der Waals surface area contributed by atoms with Crippen LogP contribution in [0.3, 0.4) is 0 Å². The largest absolute Gasteiger partial charge is 0.454 e. The molecule has 0 radical (unpaired) electrons. The molecule has 4 aromatic rings. The van der Waals surface area contributed by atoms with Crippen molar-refractivity contribution >= 4 is 34.7 Å². The van der Waals surface area contributed by atoms with Crippen molar-refractivity contribution < 1.29 is 23.2 Å². The Bertz CT molecular complexity index is 1320. The van der Waals surface area contributed by atoms with Crippen LogP contribution in [0.15, 0.2) is 46.3 Å². The van der Waals surface area contributed by atoms with E-state index in [2.05, 4.69) is 5.16 Å². The number of carbonyl (C=O) groups excluding carboxylic acids is 2. The minimum Gasteiger partial charge on any atom is -0.454 e. The van der Waals surface area contributed by atoms with Crippen molar-refractivity contribution in [2.75, 3.05) is 6.61 Å². The molecule has 0 atom stereocenters. The van der Waals surface area contributed by atoms with E-state index in [-0.39, 0.29) is 33.4 Å². The van der Waals surface area contributed by atoms with Crippen molar-refractivity contribution in [1.29, 1.82) is 0 Å². The van der Waals surface area contributed by atoms with Gasteiger partial charge < -0.3 is 13.8 Å². The summed E-state index contributed by atoms with van der Waals surface area (Å²) in [5.74, 6) is -1.70. The topological polar surface area (TPSA) is 74.3 Å². The van der Waals surface area contributed by atoms with Gasteiger partial charge in [-0.3, -0.25) is 4.79 Å². The summed E-state index contributed by atoms with van der Waals surface area (Å²) in [6.07, 6.45) is 0. The molecule has 0 aliphatic rings. The summed E-state index contributed by atoms with van der Waals surface area (Å²) in [5.41, 5.74) is 2.01. The second-order valence-corrected chi connectivity index (χ2v) is 8.95. The Balaban J connectivity index is 1.53. The van der Waals surface area contributed by atoms with E-state index >= 15 is 0 Å². The summed E-state index contributed by atoms with van der Waals surface area (Å²) >= 11 is 7.76. The van der Waals surface area contributed by atoms with Gasteiger partial charge in [0.25, 0.3) is 0 Å². The number of thiophene rings is 1. The number of rotatable bonds is 7. The fraction of sp³-hybridized carbons (Fsp3) is 0.208. The minimum atomic E-state index is -0.844. The van der Waals surface area contributed by atoms with Gasteiger partial charge in [0.05, 0.1) is 17.1 Å². The molecule has 3 heterocycles. The van der Waals surface area contributed by atoms with Gasteiger partial charge in [0.1, 0.15) is 22.8 Å². The zero-order valence-corrected chi connectivity index (χ0v) is 19.7. The van der Waals surface area contributed by atoms with Gasteiger partial charge in [-0.1, -0.05) is 28.9 Å². The van der Waals surface area contributed by atoms with Gasteiger partial charge in [-0.05, 0) is 50.4 Å². The Morgan fingerprint density at radius 2 is 2.00 bits per heavy atom. The maximum Gasteiger partial charge on any atom is 0.344 e. The van der Waals surface area contributed by atoms with Crippen LogP contribution in [0.4, 0.5) is 4.39 Å². The molecule has 170 valence electrons. The van der Waals surface area contributed by atoms with Gasteiger partial charge >= 0.3 is 5.97 Å². The molecular weight excluding hydrogens is 467 g/mol. The fourth-order valence-electron chi connectivity index (χ4n) is 3.67. The Labute approximate surface area is 198 Å². The van der Waals surface area contributed by atoms with E-state index in [0.29, 0.717) is 12.1 Å². The first kappa shape index (κ1) is 22.9. The molecule has 6 nitrogen and oxygen atoms in total. The molecule has 0 N–H and O–H groups in total. The lowest BCUT2D eigenvalue weighted by Gasteiger charge is -2.09. The molecule has 0 spiro atoms. The Kier molecular flexibility index (Phi) is 6.49. The normalized spacial score (nSPS) is 11.1. The average Bonchev–Trinajstić information content (AvgIpc) is 3.49. The van der Waals surface area contributed by atoms with Crippen LogP contribution in [0.1, 0.15) is 42.7 Å². The molecule has 1 aromatic carbocycles. The van der Waals surface area contributed by atoms with Gasteiger partial charge in [0, 0.05) is 21.8 Å². The number of hydrogen-bond donors (Lipinski definition) is 0. The summed E-state index contributed by atoms with van der Waals surface area (Å²) in [7, 11) is 0. The number of ketones is 1. The number of nitrogens with zero attached hydrogens (tertiary/aromatic N) is 2. The van der Waals surface area contributed by atoms with Crippen molar-refractivity contribution in [2.45, 2.75) is 27.3 Å². The summed E-state index contributed by atoms with van der Waals surface area (Å²) in [6.45, 7) is 5.47. The molecule has 0 aliphatic heterocycles. The lowest BCUT2D eigenvalue weighted by atomic mass is 10.1. The Hall–Kier alpha value is -3.23. The zero-order valence-electron chi connectivity index (χ0n) is 18.1. The molecule has 0 bridgehead atoms. The monoisotopic (exact) mass is 486 g/mol. The van der Waals surface area contributed by atoms with Crippen LogP contribution in [0, 0.1) is 26.6 Å². The maximum atomic E-state index is 14.4. The molecule has 3 aromatic heterocycles. The first-order valence-corrected chi connectivity index (χ1v) is 11.3. The lowest BCUT2D eigenvalue weighted by Crippen LogP contribution is -2.16. The number of carbonyl (C=O) groups is 2. The number of aryl methyl sites for hydroxylation is 2. The average molecular weight is 487 g/mol. The second-order valence-electron chi connectivity index (χ2n) is 7.51. The number of benzene rings is 1. The van der Waals surface area contributed by atoms with Gasteiger partial charge in [-0.15, -0.1) is 11.3 Å². The first-order chi connectivity index (χ1) is 15.8. The van der Waals surface area contributed by atoms with Gasteiger partial charge in [-0.2, -0.15) is 0 Å². The summed E-state index contributed by atoms with van der Waals surface area (Å²) in [6, 6.07) is 9.93. The highest BCUT2D eigenvalue weighted by atomic mass is 35.5. The molecule has 9 heteroatoms. The van der Waals surface area contributed by atoms with Crippen molar-refractivity contribution in [2.24, 2.45) is 0 Å². The van der Waals surface area contributed by atoms with E-state index < -0.39 is 18.4 Å². The predicted molar refractivity (Wildman–Crippen MR) is 124 cm³/mol. The molecule has 4 rings (SSSR count). The highest BCUT2D eigenvalue weighted by Gasteiger charge is 2.27. The highest BCUT2D eigenvalue weighted by molar-refractivity contribution is 7.09. The number of aromatic nitrogens is 2. The number of hydrogen-bond acceptors (Lipinski definition) is 6. The van der Waals surface area contributed by atoms with Gasteiger partial charge in [0.15, 0.2) is 6.61 Å². The summed E-state index contributed by atoms with van der Waals surface area (Å²) in [4.78, 5) is 26.8. The molecule has 0 aliphatic carbocycles. The van der Waals surface area contributed by atoms with Crippen LogP contribution >= 0.6 is 22.9 Å². The smallest absolute Gasteiger partial charge is 0.344 e. The minimum absolute atomic E-state index is 0.0635. The van der Waals surface area contributed by atoms with Gasteiger partial charge in [0.2, 0.25) is 5.78 Å². The lowest BCUT2D eigenvalue weighted by molar-refractivity contribution is 0.0473. The number of esters is 1. The van der Waals surface area contributed by atoms with Crippen molar-refractivity contribution in [3.63, 3.8) is 0 Å². The quantitative estimate of drug-likeness (QED) is 0.236. The summed E-state index contributed by atoms with van der Waals surface area (Å²) in [5, 5.41) is 5.87. The van der Waals surface area contributed by atoms with Crippen molar-refractivity contribution in [1.82, 2.24) is 9.72 Å². The molecular formula is C24H20ClFN2O4S. The molecule has 0 unspecified atom stereocenters. The molecule has 0 amide bonds. The third-order valence-corrected chi connectivity index (χ3v) is 6.54. The number of ether oxygens (including phenoxy) is 1.